The number of rotatable bonds is 7. The van der Waals surface area contributed by atoms with E-state index in [0.29, 0.717) is 33.1 Å². The highest BCUT2D eigenvalue weighted by atomic mass is 127. The zero-order chi connectivity index (χ0) is 22.7. The Morgan fingerprint density at radius 2 is 1.90 bits per heavy atom. The second-order valence-electron chi connectivity index (χ2n) is 6.93. The summed E-state index contributed by atoms with van der Waals surface area (Å²) in [5.74, 6) is 0.852. The molecule has 0 aromatic heterocycles. The molecule has 0 spiro atoms. The van der Waals surface area contributed by atoms with Gasteiger partial charge >= 0.3 is 0 Å². The summed E-state index contributed by atoms with van der Waals surface area (Å²) in [6.45, 7) is 6.20. The summed E-state index contributed by atoms with van der Waals surface area (Å²) in [5, 5.41) is 0.827. The molecule has 3 rings (SSSR count). The molecule has 5 nitrogen and oxygen atoms in total. The number of carbonyl (C=O) groups excluding carboxylic acids is 2. The van der Waals surface area contributed by atoms with Crippen molar-refractivity contribution >= 4 is 74.8 Å². The van der Waals surface area contributed by atoms with Crippen LogP contribution in [0.4, 0.5) is 4.79 Å². The molecule has 0 atom stereocenters. The molecule has 1 aliphatic heterocycles. The van der Waals surface area contributed by atoms with Gasteiger partial charge in [0.05, 0.1) is 15.1 Å². The van der Waals surface area contributed by atoms with Gasteiger partial charge in [-0.1, -0.05) is 29.3 Å². The van der Waals surface area contributed by atoms with Crippen LogP contribution >= 0.6 is 57.6 Å². The second-order valence-corrected chi connectivity index (χ2v) is 9.93. The van der Waals surface area contributed by atoms with Gasteiger partial charge < -0.3 is 9.47 Å². The van der Waals surface area contributed by atoms with E-state index < -0.39 is 0 Å². The average Bonchev–Trinajstić information content (AvgIpc) is 2.96. The van der Waals surface area contributed by atoms with Crippen molar-refractivity contribution in [1.82, 2.24) is 4.90 Å². The molecule has 1 fully saturated rings. The summed E-state index contributed by atoms with van der Waals surface area (Å²) in [5.41, 5.74) is 1.55. The quantitative estimate of drug-likeness (QED) is 0.256. The van der Waals surface area contributed by atoms with Crippen LogP contribution in [0.1, 0.15) is 31.9 Å². The van der Waals surface area contributed by atoms with Gasteiger partial charge in [0.25, 0.3) is 11.1 Å². The first-order valence-corrected chi connectivity index (χ1v) is 12.2. The predicted octanol–water partition coefficient (Wildman–Crippen LogP) is 7.02. The van der Waals surface area contributed by atoms with Crippen LogP contribution in [0.3, 0.4) is 0 Å². The second kappa shape index (κ2) is 10.5. The maximum absolute atomic E-state index is 12.6. The van der Waals surface area contributed by atoms with Gasteiger partial charge in [-0.25, -0.2) is 0 Å². The molecule has 0 saturated carbocycles. The van der Waals surface area contributed by atoms with Crippen molar-refractivity contribution in [3.63, 3.8) is 0 Å². The zero-order valence-corrected chi connectivity index (χ0v) is 21.6. The summed E-state index contributed by atoms with van der Waals surface area (Å²) >= 11 is 15.3. The van der Waals surface area contributed by atoms with Gasteiger partial charge in [-0.2, -0.15) is 0 Å². The minimum absolute atomic E-state index is 0.187. The van der Waals surface area contributed by atoms with Crippen LogP contribution in [0, 0.1) is 3.57 Å². The molecule has 1 saturated heterocycles. The van der Waals surface area contributed by atoms with E-state index in [2.05, 4.69) is 22.6 Å². The third-order valence-corrected chi connectivity index (χ3v) is 6.63. The Labute approximate surface area is 209 Å². The number of hydrogen-bond donors (Lipinski definition) is 0. The Kier molecular flexibility index (Phi) is 8.18. The van der Waals surface area contributed by atoms with E-state index in [0.717, 1.165) is 26.5 Å². The Bertz CT molecular complexity index is 1060. The summed E-state index contributed by atoms with van der Waals surface area (Å²) in [6.07, 6.45) is 1.71. The fraction of sp³-hybridized carbons (Fsp3) is 0.273. The summed E-state index contributed by atoms with van der Waals surface area (Å²) in [7, 11) is 0. The monoisotopic (exact) mass is 591 g/mol. The lowest BCUT2D eigenvalue weighted by Crippen LogP contribution is -2.34. The number of ether oxygens (including phenoxy) is 2. The minimum atomic E-state index is -0.282. The number of thioether (sulfide) groups is 1. The van der Waals surface area contributed by atoms with Gasteiger partial charge in [0.15, 0.2) is 11.5 Å². The number of carbonyl (C=O) groups is 2. The molecule has 31 heavy (non-hydrogen) atoms. The average molecular weight is 592 g/mol. The number of amides is 2. The van der Waals surface area contributed by atoms with Crippen LogP contribution < -0.4 is 9.47 Å². The molecule has 1 heterocycles. The fourth-order valence-electron chi connectivity index (χ4n) is 2.94. The van der Waals surface area contributed by atoms with E-state index in [9.17, 15) is 9.59 Å². The zero-order valence-electron chi connectivity index (χ0n) is 17.1. The molecule has 1 aliphatic rings. The van der Waals surface area contributed by atoms with Gasteiger partial charge in [-0.05, 0) is 91.0 Å². The first-order valence-electron chi connectivity index (χ1n) is 9.51. The predicted molar refractivity (Wildman–Crippen MR) is 134 cm³/mol. The van der Waals surface area contributed by atoms with Crippen LogP contribution in [0.2, 0.25) is 10.0 Å². The lowest BCUT2D eigenvalue weighted by Gasteiger charge is -2.16. The normalized spacial score (nSPS) is 15.3. The SMILES string of the molecule is CCOc1cc(/C=C2\SC(=O)N(C(C)C)C2=O)cc(I)c1OCc1ccc(Cl)cc1Cl. The molecule has 0 N–H and O–H groups in total. The van der Waals surface area contributed by atoms with Crippen molar-refractivity contribution in [3.8, 4) is 11.5 Å². The molecule has 0 aliphatic carbocycles. The molecular weight excluding hydrogens is 572 g/mol. The lowest BCUT2D eigenvalue weighted by molar-refractivity contribution is -0.123. The molecule has 164 valence electrons. The van der Waals surface area contributed by atoms with E-state index in [1.165, 1.54) is 4.90 Å². The highest BCUT2D eigenvalue weighted by molar-refractivity contribution is 14.1. The van der Waals surface area contributed by atoms with E-state index in [1.807, 2.05) is 32.9 Å². The summed E-state index contributed by atoms with van der Waals surface area (Å²) in [6, 6.07) is 8.74. The van der Waals surface area contributed by atoms with Crippen molar-refractivity contribution in [1.29, 1.82) is 0 Å². The van der Waals surface area contributed by atoms with Crippen molar-refractivity contribution in [3.05, 3.63) is 60.0 Å². The van der Waals surface area contributed by atoms with Crippen LogP contribution in [0.15, 0.2) is 35.2 Å². The Morgan fingerprint density at radius 1 is 1.16 bits per heavy atom. The topological polar surface area (TPSA) is 55.8 Å². The molecule has 0 unspecified atom stereocenters. The number of benzene rings is 2. The maximum Gasteiger partial charge on any atom is 0.293 e. The largest absolute Gasteiger partial charge is 0.490 e. The molecule has 2 aromatic rings. The van der Waals surface area contributed by atoms with Crippen LogP contribution in [0.25, 0.3) is 6.08 Å². The van der Waals surface area contributed by atoms with Crippen molar-refractivity contribution in [2.24, 2.45) is 0 Å². The first kappa shape index (κ1) is 24.2. The van der Waals surface area contributed by atoms with E-state index in [-0.39, 0.29) is 23.8 Å². The molecule has 2 aromatic carbocycles. The van der Waals surface area contributed by atoms with Crippen molar-refractivity contribution in [2.45, 2.75) is 33.4 Å². The highest BCUT2D eigenvalue weighted by Gasteiger charge is 2.36. The Hall–Kier alpha value is -1.42. The maximum atomic E-state index is 12.6. The third-order valence-electron chi connectivity index (χ3n) is 4.36. The highest BCUT2D eigenvalue weighted by Crippen LogP contribution is 2.38. The van der Waals surface area contributed by atoms with Gasteiger partial charge in [-0.15, -0.1) is 0 Å². The summed E-state index contributed by atoms with van der Waals surface area (Å²) in [4.78, 5) is 26.4. The fourth-order valence-corrected chi connectivity index (χ4v) is 5.14. The van der Waals surface area contributed by atoms with Gasteiger partial charge in [-0.3, -0.25) is 14.5 Å². The summed E-state index contributed by atoms with van der Waals surface area (Å²) < 4.78 is 12.6. The minimum Gasteiger partial charge on any atom is -0.490 e. The van der Waals surface area contributed by atoms with Gasteiger partial charge in [0.2, 0.25) is 0 Å². The number of nitrogens with zero attached hydrogens (tertiary/aromatic N) is 1. The van der Waals surface area contributed by atoms with Crippen LogP contribution in [-0.2, 0) is 11.4 Å². The number of imide groups is 1. The van der Waals surface area contributed by atoms with Crippen LogP contribution in [0.5, 0.6) is 11.5 Å². The van der Waals surface area contributed by atoms with Gasteiger partial charge in [0.1, 0.15) is 6.61 Å². The Morgan fingerprint density at radius 3 is 2.52 bits per heavy atom. The number of hydrogen-bond acceptors (Lipinski definition) is 5. The molecule has 0 bridgehead atoms. The molecule has 9 heteroatoms. The molecule has 2 amide bonds. The lowest BCUT2D eigenvalue weighted by atomic mass is 10.1. The van der Waals surface area contributed by atoms with E-state index in [4.69, 9.17) is 32.7 Å². The molecule has 0 radical (unpaired) electrons. The third kappa shape index (κ3) is 5.69. The smallest absolute Gasteiger partial charge is 0.293 e. The van der Waals surface area contributed by atoms with Crippen molar-refractivity contribution < 1.29 is 19.1 Å². The van der Waals surface area contributed by atoms with E-state index in [1.54, 1.807) is 24.3 Å². The van der Waals surface area contributed by atoms with E-state index >= 15 is 0 Å². The first-order chi connectivity index (χ1) is 14.7. The standard InChI is InChI=1S/C22H20Cl2INO4S/c1-4-29-18-8-13(9-19-21(27)26(12(2)3)22(28)31-19)7-17(25)20(18)30-11-14-5-6-15(23)10-16(14)24/h5-10,12H,4,11H2,1-3H3/b19-9-. The van der Waals surface area contributed by atoms with Crippen molar-refractivity contribution in [2.75, 3.05) is 6.61 Å². The van der Waals surface area contributed by atoms with Crippen LogP contribution in [-0.4, -0.2) is 28.7 Å². The molecular formula is C22H20Cl2INO4S. The van der Waals surface area contributed by atoms with Gasteiger partial charge in [0, 0.05) is 21.7 Å². The Balaban J connectivity index is 1.88. The number of halogens is 3.